The molecular weight excluding hydrogens is 94.1 g/mol. The Morgan fingerprint density at radius 3 is 2.57 bits per heavy atom. The maximum absolute atomic E-state index is 8.26. The van der Waals surface area contributed by atoms with Crippen molar-refractivity contribution in [2.45, 2.75) is 13.0 Å². The molecule has 0 amide bonds. The van der Waals surface area contributed by atoms with Crippen molar-refractivity contribution in [2.75, 3.05) is 6.61 Å². The second kappa shape index (κ2) is 3.55. The minimum atomic E-state index is -0.162. The van der Waals surface area contributed by atoms with Gasteiger partial charge in [-0.2, -0.15) is 5.11 Å². The summed E-state index contributed by atoms with van der Waals surface area (Å²) >= 11 is 0. The van der Waals surface area contributed by atoms with E-state index in [1.807, 2.05) is 0 Å². The molecule has 3 N–H and O–H groups in total. The molecule has 1 atom stereocenters. The molecule has 0 spiro atoms. The van der Waals surface area contributed by atoms with Crippen LogP contribution in [-0.4, -0.2) is 17.8 Å². The van der Waals surface area contributed by atoms with E-state index in [0.29, 0.717) is 0 Å². The molecule has 0 aliphatic carbocycles. The zero-order chi connectivity index (χ0) is 5.70. The average molecular weight is 103 g/mol. The highest BCUT2D eigenvalue weighted by molar-refractivity contribution is 4.49. The minimum Gasteiger partial charge on any atom is -0.394 e. The number of hydrogen-bond acceptors (Lipinski definition) is 3. The summed E-state index contributed by atoms with van der Waals surface area (Å²) in [5.41, 5.74) is 0. The van der Waals surface area contributed by atoms with Gasteiger partial charge in [-0.05, 0) is 6.92 Å². The molecule has 0 aromatic rings. The van der Waals surface area contributed by atoms with Gasteiger partial charge in [0.15, 0.2) is 0 Å². The number of aliphatic hydroxyl groups is 1. The van der Waals surface area contributed by atoms with Crippen LogP contribution in [0, 0.1) is 0 Å². The molecule has 0 fully saturated rings. The molecule has 0 bridgehead atoms. The summed E-state index contributed by atoms with van der Waals surface area (Å²) in [5.74, 6) is 4.65. The lowest BCUT2D eigenvalue weighted by Gasteiger charge is -1.92. The van der Waals surface area contributed by atoms with E-state index in [9.17, 15) is 0 Å². The first-order chi connectivity index (χ1) is 3.31. The lowest BCUT2D eigenvalue weighted by molar-refractivity contribution is 0.270. The molecule has 4 nitrogen and oxygen atoms in total. The van der Waals surface area contributed by atoms with Crippen molar-refractivity contribution in [2.24, 2.45) is 16.2 Å². The third kappa shape index (κ3) is 3.18. The van der Waals surface area contributed by atoms with Gasteiger partial charge in [-0.25, -0.2) is 0 Å². The molecule has 0 radical (unpaired) electrons. The van der Waals surface area contributed by atoms with Crippen molar-refractivity contribution < 1.29 is 5.11 Å². The van der Waals surface area contributed by atoms with Gasteiger partial charge in [-0.15, -0.1) is 0 Å². The molecule has 0 aliphatic rings. The fraction of sp³-hybridized carbons (Fsp3) is 1.00. The standard InChI is InChI=1S/C3H9N3O/c1-3(2-7)5-6-4/h3,7H,2H2,1H3,(H2,4,5)/t3-/m1/s1. The number of nitrogens with two attached hydrogens (primary N) is 1. The number of rotatable bonds is 2. The van der Waals surface area contributed by atoms with Crippen LogP contribution in [0.3, 0.4) is 0 Å². The highest BCUT2D eigenvalue weighted by Crippen LogP contribution is 1.83. The molecule has 0 aromatic carbocycles. The number of nitrogens with zero attached hydrogens (tertiary/aromatic N) is 2. The predicted molar refractivity (Wildman–Crippen MR) is 25.6 cm³/mol. The highest BCUT2D eigenvalue weighted by atomic mass is 16.3. The summed E-state index contributed by atoms with van der Waals surface area (Å²) in [5, 5.41) is 14.6. The van der Waals surface area contributed by atoms with Crippen LogP contribution in [0.2, 0.25) is 0 Å². The van der Waals surface area contributed by atoms with E-state index in [4.69, 9.17) is 5.11 Å². The van der Waals surface area contributed by atoms with Crippen LogP contribution >= 0.6 is 0 Å². The fourth-order valence-corrected chi connectivity index (χ4v) is 0.150. The SMILES string of the molecule is C[C@H](CO)N=NN. The largest absolute Gasteiger partial charge is 0.394 e. The van der Waals surface area contributed by atoms with Gasteiger partial charge in [0.1, 0.15) is 0 Å². The third-order valence-electron chi connectivity index (χ3n) is 0.528. The van der Waals surface area contributed by atoms with Crippen molar-refractivity contribution in [1.82, 2.24) is 0 Å². The second-order valence-corrected chi connectivity index (χ2v) is 1.26. The molecule has 0 aliphatic heterocycles. The normalized spacial score (nSPS) is 15.1. The number of hydrogen-bond donors (Lipinski definition) is 2. The second-order valence-electron chi connectivity index (χ2n) is 1.26. The van der Waals surface area contributed by atoms with Crippen molar-refractivity contribution >= 4 is 0 Å². The summed E-state index contributed by atoms with van der Waals surface area (Å²) < 4.78 is 0. The Kier molecular flexibility index (Phi) is 3.22. The molecule has 4 heteroatoms. The zero-order valence-corrected chi connectivity index (χ0v) is 4.20. The molecule has 0 heterocycles. The van der Waals surface area contributed by atoms with Crippen LogP contribution < -0.4 is 5.84 Å². The molecular formula is C3H9N3O. The molecule has 0 rings (SSSR count). The Morgan fingerprint density at radius 1 is 1.86 bits per heavy atom. The molecule has 0 aromatic heterocycles. The Bertz CT molecular complexity index is 63.2. The predicted octanol–water partition coefficient (Wildman–Crippen LogP) is -0.307. The van der Waals surface area contributed by atoms with E-state index in [1.165, 1.54) is 0 Å². The first kappa shape index (κ1) is 6.36. The molecule has 7 heavy (non-hydrogen) atoms. The fourth-order valence-electron chi connectivity index (χ4n) is 0.150. The van der Waals surface area contributed by atoms with Gasteiger partial charge in [0, 0.05) is 0 Å². The smallest absolute Gasteiger partial charge is 0.0931 e. The van der Waals surface area contributed by atoms with E-state index < -0.39 is 0 Å². The summed E-state index contributed by atoms with van der Waals surface area (Å²) in [4.78, 5) is 0. The minimum absolute atomic E-state index is 0.000694. The van der Waals surface area contributed by atoms with Crippen LogP contribution in [0.1, 0.15) is 6.92 Å². The Balaban J connectivity index is 3.16. The topological polar surface area (TPSA) is 71.0 Å². The van der Waals surface area contributed by atoms with Crippen molar-refractivity contribution in [3.8, 4) is 0 Å². The highest BCUT2D eigenvalue weighted by Gasteiger charge is 1.90. The lowest BCUT2D eigenvalue weighted by Crippen LogP contribution is -2.02. The van der Waals surface area contributed by atoms with Gasteiger partial charge in [0.25, 0.3) is 0 Å². The molecule has 0 unspecified atom stereocenters. The molecule has 42 valence electrons. The van der Waals surface area contributed by atoms with Crippen LogP contribution in [0.15, 0.2) is 10.3 Å². The summed E-state index contributed by atoms with van der Waals surface area (Å²) in [7, 11) is 0. The molecule has 0 saturated heterocycles. The quantitative estimate of drug-likeness (QED) is 0.286. The summed E-state index contributed by atoms with van der Waals surface area (Å²) in [6.07, 6.45) is 0. The molecule has 0 saturated carbocycles. The van der Waals surface area contributed by atoms with Gasteiger partial charge in [-0.3, -0.25) is 0 Å². The van der Waals surface area contributed by atoms with Gasteiger partial charge < -0.3 is 10.9 Å². The number of aliphatic hydroxyl groups excluding tert-OH is 1. The van der Waals surface area contributed by atoms with Gasteiger partial charge in [0.05, 0.1) is 12.6 Å². The van der Waals surface area contributed by atoms with Crippen LogP contribution in [0.5, 0.6) is 0 Å². The van der Waals surface area contributed by atoms with Crippen LogP contribution in [0.4, 0.5) is 0 Å². The Labute approximate surface area is 42.0 Å². The van der Waals surface area contributed by atoms with E-state index in [0.717, 1.165) is 0 Å². The van der Waals surface area contributed by atoms with Gasteiger partial charge in [0.2, 0.25) is 0 Å². The van der Waals surface area contributed by atoms with Gasteiger partial charge >= 0.3 is 0 Å². The maximum atomic E-state index is 8.26. The Hall–Kier alpha value is -0.640. The lowest BCUT2D eigenvalue weighted by atomic mass is 10.4. The van der Waals surface area contributed by atoms with E-state index >= 15 is 0 Å². The summed E-state index contributed by atoms with van der Waals surface area (Å²) in [6.45, 7) is 1.72. The summed E-state index contributed by atoms with van der Waals surface area (Å²) in [6, 6.07) is -0.162. The van der Waals surface area contributed by atoms with E-state index in [1.54, 1.807) is 6.92 Å². The van der Waals surface area contributed by atoms with E-state index in [-0.39, 0.29) is 12.6 Å². The van der Waals surface area contributed by atoms with Crippen LogP contribution in [0.25, 0.3) is 0 Å². The third-order valence-corrected chi connectivity index (χ3v) is 0.528. The van der Waals surface area contributed by atoms with Crippen LogP contribution in [-0.2, 0) is 0 Å². The average Bonchev–Trinajstić information content (AvgIpc) is 1.68. The first-order valence-electron chi connectivity index (χ1n) is 2.02. The first-order valence-corrected chi connectivity index (χ1v) is 2.02. The zero-order valence-electron chi connectivity index (χ0n) is 4.20. The maximum Gasteiger partial charge on any atom is 0.0931 e. The monoisotopic (exact) mass is 103 g/mol. The van der Waals surface area contributed by atoms with Crippen molar-refractivity contribution in [3.05, 3.63) is 0 Å². The van der Waals surface area contributed by atoms with Gasteiger partial charge in [-0.1, -0.05) is 5.22 Å². The van der Waals surface area contributed by atoms with E-state index in [2.05, 4.69) is 16.2 Å². The van der Waals surface area contributed by atoms with Crippen molar-refractivity contribution in [1.29, 1.82) is 0 Å². The van der Waals surface area contributed by atoms with Crippen molar-refractivity contribution in [3.63, 3.8) is 0 Å². The Morgan fingerprint density at radius 2 is 2.43 bits per heavy atom.